The van der Waals surface area contributed by atoms with Gasteiger partial charge < -0.3 is 15.2 Å². The number of hydrogen-bond acceptors (Lipinski definition) is 3. The van der Waals surface area contributed by atoms with Gasteiger partial charge in [-0.1, -0.05) is 60.7 Å². The first-order valence-electron chi connectivity index (χ1n) is 11.1. The van der Waals surface area contributed by atoms with E-state index in [0.717, 1.165) is 28.5 Å². The molecule has 0 aliphatic rings. The minimum atomic E-state index is -4.55. The van der Waals surface area contributed by atoms with Gasteiger partial charge in [0.05, 0.1) is 5.56 Å². The Bertz CT molecular complexity index is 1390. The van der Waals surface area contributed by atoms with Gasteiger partial charge in [-0.25, -0.2) is 4.79 Å². The third-order valence-corrected chi connectivity index (χ3v) is 5.62. The molecule has 0 aromatic heterocycles. The zero-order valence-corrected chi connectivity index (χ0v) is 19.0. The molecule has 5 nitrogen and oxygen atoms in total. The van der Waals surface area contributed by atoms with Crippen LogP contribution in [0.15, 0.2) is 91.0 Å². The van der Waals surface area contributed by atoms with Crippen LogP contribution in [0.5, 0.6) is 5.75 Å². The van der Waals surface area contributed by atoms with Crippen LogP contribution in [0.3, 0.4) is 0 Å². The van der Waals surface area contributed by atoms with Crippen LogP contribution in [0.1, 0.15) is 27.0 Å². The molecule has 0 fully saturated rings. The molecule has 0 unspecified atom stereocenters. The smallest absolute Gasteiger partial charge is 0.416 e. The molecule has 4 aromatic carbocycles. The number of carboxylic acids is 1. The Labute approximate surface area is 205 Å². The summed E-state index contributed by atoms with van der Waals surface area (Å²) in [5.41, 5.74) is 0.537. The molecular weight excluding hydrogens is 471 g/mol. The topological polar surface area (TPSA) is 75.6 Å². The number of amides is 1. The van der Waals surface area contributed by atoms with E-state index in [1.807, 2.05) is 36.4 Å². The summed E-state index contributed by atoms with van der Waals surface area (Å²) in [5, 5.41) is 13.5. The van der Waals surface area contributed by atoms with Gasteiger partial charge in [-0.2, -0.15) is 13.2 Å². The van der Waals surface area contributed by atoms with E-state index in [1.54, 1.807) is 30.3 Å². The highest BCUT2D eigenvalue weighted by Gasteiger charge is 2.31. The van der Waals surface area contributed by atoms with Gasteiger partial charge in [0.15, 0.2) is 0 Å². The molecule has 0 saturated carbocycles. The lowest BCUT2D eigenvalue weighted by atomic mass is 10.0. The van der Waals surface area contributed by atoms with Gasteiger partial charge >= 0.3 is 12.1 Å². The third kappa shape index (κ3) is 6.21. The molecule has 1 atom stereocenters. The van der Waals surface area contributed by atoms with Crippen LogP contribution in [0.25, 0.3) is 10.8 Å². The first-order valence-corrected chi connectivity index (χ1v) is 11.1. The van der Waals surface area contributed by atoms with Crippen molar-refractivity contribution in [2.24, 2.45) is 0 Å². The molecule has 36 heavy (non-hydrogen) atoms. The number of rotatable bonds is 8. The standard InChI is InChI=1S/C28H22F3NO4/c29-28(30,31)23-8-4-7-19(13-23)14-25(27(34)35)32-26(33)22-10-9-21-16-24(12-11-20(21)15-22)36-17-18-5-2-1-3-6-18/h1-13,15-16,25H,14,17H2,(H,32,33)(H,34,35)/t25-/m0/s1. The highest BCUT2D eigenvalue weighted by molar-refractivity contribution is 6.00. The lowest BCUT2D eigenvalue weighted by molar-refractivity contribution is -0.139. The monoisotopic (exact) mass is 493 g/mol. The number of fused-ring (bicyclic) bond motifs is 1. The summed E-state index contributed by atoms with van der Waals surface area (Å²) >= 11 is 0. The minimum absolute atomic E-state index is 0.152. The summed E-state index contributed by atoms with van der Waals surface area (Å²) in [5.74, 6) is -1.32. The molecular formula is C28H22F3NO4. The summed E-state index contributed by atoms with van der Waals surface area (Å²) in [6.07, 6.45) is -4.84. The van der Waals surface area contributed by atoms with Crippen LogP contribution in [0, 0.1) is 0 Å². The zero-order chi connectivity index (χ0) is 25.7. The Balaban J connectivity index is 1.45. The number of nitrogens with one attached hydrogen (secondary N) is 1. The molecule has 0 bridgehead atoms. The maximum atomic E-state index is 13.0. The summed E-state index contributed by atoms with van der Waals surface area (Å²) in [6, 6.07) is 23.0. The second kappa shape index (κ2) is 10.5. The fourth-order valence-corrected chi connectivity index (χ4v) is 3.75. The first kappa shape index (κ1) is 24.8. The SMILES string of the molecule is O=C(N[C@@H](Cc1cccc(C(F)(F)F)c1)C(=O)O)c1ccc2cc(OCc3ccccc3)ccc2c1. The number of hydrogen-bond donors (Lipinski definition) is 2. The highest BCUT2D eigenvalue weighted by Crippen LogP contribution is 2.30. The quantitative estimate of drug-likeness (QED) is 0.322. The number of benzene rings is 4. The number of alkyl halides is 3. The summed E-state index contributed by atoms with van der Waals surface area (Å²) < 4.78 is 44.8. The van der Waals surface area contributed by atoms with Crippen LogP contribution < -0.4 is 10.1 Å². The van der Waals surface area contributed by atoms with E-state index in [2.05, 4.69) is 5.32 Å². The second-order valence-corrected chi connectivity index (χ2v) is 8.26. The van der Waals surface area contributed by atoms with Crippen LogP contribution >= 0.6 is 0 Å². The Morgan fingerprint density at radius 3 is 2.25 bits per heavy atom. The fourth-order valence-electron chi connectivity index (χ4n) is 3.75. The fraction of sp³-hybridized carbons (Fsp3) is 0.143. The van der Waals surface area contributed by atoms with E-state index in [-0.39, 0.29) is 17.5 Å². The average Bonchev–Trinajstić information content (AvgIpc) is 2.87. The summed E-state index contributed by atoms with van der Waals surface area (Å²) in [6.45, 7) is 0.412. The van der Waals surface area contributed by atoms with E-state index >= 15 is 0 Å². The summed E-state index contributed by atoms with van der Waals surface area (Å²) in [4.78, 5) is 24.5. The Hall–Kier alpha value is -4.33. The largest absolute Gasteiger partial charge is 0.489 e. The molecule has 0 saturated heterocycles. The third-order valence-electron chi connectivity index (χ3n) is 5.62. The maximum Gasteiger partial charge on any atom is 0.416 e. The van der Waals surface area contributed by atoms with E-state index in [1.165, 1.54) is 12.1 Å². The number of carbonyl (C=O) groups is 2. The molecule has 0 radical (unpaired) electrons. The van der Waals surface area contributed by atoms with Crippen molar-refractivity contribution < 1.29 is 32.6 Å². The lowest BCUT2D eigenvalue weighted by Gasteiger charge is -2.16. The van der Waals surface area contributed by atoms with Crippen LogP contribution in [-0.2, 0) is 24.0 Å². The average molecular weight is 493 g/mol. The molecule has 0 spiro atoms. The van der Waals surface area contributed by atoms with Gasteiger partial charge in [-0.05, 0) is 52.2 Å². The highest BCUT2D eigenvalue weighted by atomic mass is 19.4. The molecule has 0 aliphatic carbocycles. The molecule has 184 valence electrons. The molecule has 4 aromatic rings. The van der Waals surface area contributed by atoms with Crippen molar-refractivity contribution in [1.82, 2.24) is 5.32 Å². The van der Waals surface area contributed by atoms with Gasteiger partial charge in [0.25, 0.3) is 5.91 Å². The normalized spacial score (nSPS) is 12.2. The van der Waals surface area contributed by atoms with Crippen LogP contribution in [0.4, 0.5) is 13.2 Å². The number of aliphatic carboxylic acids is 1. The van der Waals surface area contributed by atoms with Crippen molar-refractivity contribution in [2.75, 3.05) is 0 Å². The van der Waals surface area contributed by atoms with Crippen LogP contribution in [-0.4, -0.2) is 23.0 Å². The van der Waals surface area contributed by atoms with Crippen molar-refractivity contribution in [1.29, 1.82) is 0 Å². The van der Waals surface area contributed by atoms with Crippen molar-refractivity contribution in [3.63, 3.8) is 0 Å². The molecule has 2 N–H and O–H groups in total. The number of halogens is 3. The second-order valence-electron chi connectivity index (χ2n) is 8.26. The molecule has 1 amide bonds. The molecule has 0 aliphatic heterocycles. The van der Waals surface area contributed by atoms with Crippen molar-refractivity contribution >= 4 is 22.6 Å². The zero-order valence-electron chi connectivity index (χ0n) is 19.0. The molecule has 0 heterocycles. The van der Waals surface area contributed by atoms with E-state index in [9.17, 15) is 27.9 Å². The minimum Gasteiger partial charge on any atom is -0.489 e. The van der Waals surface area contributed by atoms with Gasteiger partial charge in [-0.15, -0.1) is 0 Å². The molecule has 8 heteroatoms. The van der Waals surface area contributed by atoms with Gasteiger partial charge in [-0.3, -0.25) is 4.79 Å². The van der Waals surface area contributed by atoms with Crippen molar-refractivity contribution in [2.45, 2.75) is 25.2 Å². The number of ether oxygens (including phenoxy) is 1. The maximum absolute atomic E-state index is 13.0. The van der Waals surface area contributed by atoms with E-state index < -0.39 is 29.7 Å². The number of carbonyl (C=O) groups excluding carboxylic acids is 1. The van der Waals surface area contributed by atoms with Gasteiger partial charge in [0.2, 0.25) is 0 Å². The van der Waals surface area contributed by atoms with Gasteiger partial charge in [0.1, 0.15) is 18.4 Å². The van der Waals surface area contributed by atoms with Crippen molar-refractivity contribution in [3.8, 4) is 5.75 Å². The Kier molecular flexibility index (Phi) is 7.24. The Morgan fingerprint density at radius 1 is 0.833 bits per heavy atom. The molecule has 4 rings (SSSR count). The first-order chi connectivity index (χ1) is 17.2. The van der Waals surface area contributed by atoms with E-state index in [0.29, 0.717) is 12.4 Å². The lowest BCUT2D eigenvalue weighted by Crippen LogP contribution is -2.42. The van der Waals surface area contributed by atoms with Gasteiger partial charge in [0, 0.05) is 12.0 Å². The number of carboxylic acid groups (broad SMARTS) is 1. The van der Waals surface area contributed by atoms with Crippen LogP contribution in [0.2, 0.25) is 0 Å². The summed E-state index contributed by atoms with van der Waals surface area (Å²) in [7, 11) is 0. The van der Waals surface area contributed by atoms with E-state index in [4.69, 9.17) is 4.74 Å². The Morgan fingerprint density at radius 2 is 1.53 bits per heavy atom. The van der Waals surface area contributed by atoms with Crippen molar-refractivity contribution in [3.05, 3.63) is 113 Å². The predicted molar refractivity (Wildman–Crippen MR) is 129 cm³/mol. The predicted octanol–water partition coefficient (Wildman–Crippen LogP) is 5.86.